The van der Waals surface area contributed by atoms with Gasteiger partial charge in [-0.1, -0.05) is 12.7 Å². The van der Waals surface area contributed by atoms with E-state index in [-0.39, 0.29) is 5.91 Å². The molecule has 3 heteroatoms. The predicted octanol–water partition coefficient (Wildman–Crippen LogP) is 1.61. The molecule has 0 heterocycles. The van der Waals surface area contributed by atoms with Gasteiger partial charge in [-0.25, -0.2) is 0 Å². The van der Waals surface area contributed by atoms with Crippen LogP contribution < -0.4 is 10.1 Å². The molecule has 0 saturated heterocycles. The molecule has 0 aliphatic rings. The van der Waals surface area contributed by atoms with Crippen molar-refractivity contribution in [2.24, 2.45) is 0 Å². The second-order valence-corrected chi connectivity index (χ2v) is 2.70. The first-order valence-corrected chi connectivity index (χ1v) is 4.33. The molecule has 14 heavy (non-hydrogen) atoms. The largest absolute Gasteiger partial charge is 0.490 e. The van der Waals surface area contributed by atoms with Crippen LogP contribution in [-0.4, -0.2) is 19.6 Å². The van der Waals surface area contributed by atoms with E-state index in [9.17, 15) is 4.79 Å². The first-order valence-electron chi connectivity index (χ1n) is 4.33. The van der Waals surface area contributed by atoms with E-state index in [1.807, 2.05) is 0 Å². The molecule has 0 radical (unpaired) electrons. The minimum Gasteiger partial charge on any atom is -0.490 e. The normalized spacial score (nSPS) is 9.21. The monoisotopic (exact) mass is 191 g/mol. The quantitative estimate of drug-likeness (QED) is 0.734. The van der Waals surface area contributed by atoms with Gasteiger partial charge in [-0.05, 0) is 24.3 Å². The van der Waals surface area contributed by atoms with Gasteiger partial charge in [0.2, 0.25) is 0 Å². The standard InChI is InChI=1S/C11H13NO2/c1-3-8-14-10-6-4-9(5-7-10)11(13)12-2/h3-7H,1,8H2,2H3,(H,12,13). The van der Waals surface area contributed by atoms with Crippen LogP contribution in [0.2, 0.25) is 0 Å². The predicted molar refractivity (Wildman–Crippen MR) is 55.5 cm³/mol. The molecule has 1 N–H and O–H groups in total. The minimum atomic E-state index is -0.0970. The second-order valence-electron chi connectivity index (χ2n) is 2.70. The lowest BCUT2D eigenvalue weighted by molar-refractivity contribution is 0.0963. The van der Waals surface area contributed by atoms with Crippen molar-refractivity contribution in [1.29, 1.82) is 0 Å². The molecule has 0 aliphatic heterocycles. The smallest absolute Gasteiger partial charge is 0.251 e. The molecule has 0 atom stereocenters. The zero-order valence-electron chi connectivity index (χ0n) is 8.12. The van der Waals surface area contributed by atoms with Gasteiger partial charge in [0, 0.05) is 12.6 Å². The van der Waals surface area contributed by atoms with E-state index in [0.717, 1.165) is 5.75 Å². The van der Waals surface area contributed by atoms with Crippen molar-refractivity contribution < 1.29 is 9.53 Å². The zero-order valence-corrected chi connectivity index (χ0v) is 8.12. The molecule has 0 spiro atoms. The van der Waals surface area contributed by atoms with E-state index in [1.54, 1.807) is 37.4 Å². The molecular formula is C11H13NO2. The molecular weight excluding hydrogens is 178 g/mol. The lowest BCUT2D eigenvalue weighted by atomic mass is 10.2. The Balaban J connectivity index is 2.68. The van der Waals surface area contributed by atoms with Gasteiger partial charge in [-0.15, -0.1) is 0 Å². The SMILES string of the molecule is C=CCOc1ccc(C(=O)NC)cc1. The van der Waals surface area contributed by atoms with Crippen LogP contribution in [0.3, 0.4) is 0 Å². The van der Waals surface area contributed by atoms with Gasteiger partial charge >= 0.3 is 0 Å². The number of hydrogen-bond acceptors (Lipinski definition) is 2. The van der Waals surface area contributed by atoms with Crippen LogP contribution in [0.25, 0.3) is 0 Å². The van der Waals surface area contributed by atoms with Gasteiger partial charge in [0.15, 0.2) is 0 Å². The maximum Gasteiger partial charge on any atom is 0.251 e. The van der Waals surface area contributed by atoms with Crippen molar-refractivity contribution in [3.05, 3.63) is 42.5 Å². The average molecular weight is 191 g/mol. The van der Waals surface area contributed by atoms with Gasteiger partial charge in [0.25, 0.3) is 5.91 Å². The van der Waals surface area contributed by atoms with E-state index >= 15 is 0 Å². The summed E-state index contributed by atoms with van der Waals surface area (Å²) < 4.78 is 5.27. The van der Waals surface area contributed by atoms with E-state index in [2.05, 4.69) is 11.9 Å². The van der Waals surface area contributed by atoms with E-state index in [4.69, 9.17) is 4.74 Å². The average Bonchev–Trinajstić information content (AvgIpc) is 2.26. The summed E-state index contributed by atoms with van der Waals surface area (Å²) in [5.74, 6) is 0.637. The third kappa shape index (κ3) is 2.62. The minimum absolute atomic E-state index is 0.0970. The van der Waals surface area contributed by atoms with Crippen LogP contribution in [-0.2, 0) is 0 Å². The highest BCUT2D eigenvalue weighted by atomic mass is 16.5. The third-order valence-electron chi connectivity index (χ3n) is 1.71. The lowest BCUT2D eigenvalue weighted by Crippen LogP contribution is -2.17. The van der Waals surface area contributed by atoms with E-state index < -0.39 is 0 Å². The molecule has 1 rings (SSSR count). The van der Waals surface area contributed by atoms with Crippen LogP contribution in [0.15, 0.2) is 36.9 Å². The van der Waals surface area contributed by atoms with Crippen molar-refractivity contribution >= 4 is 5.91 Å². The Labute approximate surface area is 83.4 Å². The number of hydrogen-bond donors (Lipinski definition) is 1. The van der Waals surface area contributed by atoms with Crippen LogP contribution >= 0.6 is 0 Å². The maximum absolute atomic E-state index is 11.2. The van der Waals surface area contributed by atoms with Gasteiger partial charge in [-0.3, -0.25) is 4.79 Å². The Kier molecular flexibility index (Phi) is 3.73. The van der Waals surface area contributed by atoms with Crippen LogP contribution in [0.5, 0.6) is 5.75 Å². The van der Waals surface area contributed by atoms with Crippen molar-refractivity contribution in [1.82, 2.24) is 5.32 Å². The number of rotatable bonds is 4. The Morgan fingerprint density at radius 3 is 2.64 bits per heavy atom. The summed E-state index contributed by atoms with van der Waals surface area (Å²) in [6.45, 7) is 4.02. The Morgan fingerprint density at radius 1 is 1.50 bits per heavy atom. The summed E-state index contributed by atoms with van der Waals surface area (Å²) in [4.78, 5) is 11.2. The Bertz CT molecular complexity index is 317. The van der Waals surface area contributed by atoms with E-state index in [1.165, 1.54) is 0 Å². The molecule has 1 aromatic rings. The highest BCUT2D eigenvalue weighted by Gasteiger charge is 2.01. The molecule has 0 saturated carbocycles. The number of amides is 1. The molecule has 3 nitrogen and oxygen atoms in total. The fourth-order valence-corrected chi connectivity index (χ4v) is 1.00. The molecule has 0 aromatic heterocycles. The number of nitrogens with one attached hydrogen (secondary N) is 1. The van der Waals surface area contributed by atoms with Gasteiger partial charge in [0.05, 0.1) is 0 Å². The first kappa shape index (κ1) is 10.3. The maximum atomic E-state index is 11.2. The summed E-state index contributed by atoms with van der Waals surface area (Å²) in [7, 11) is 1.60. The Morgan fingerprint density at radius 2 is 2.14 bits per heavy atom. The number of ether oxygens (including phenoxy) is 1. The molecule has 1 aromatic carbocycles. The summed E-state index contributed by atoms with van der Waals surface area (Å²) in [5, 5.41) is 2.55. The zero-order chi connectivity index (χ0) is 10.4. The summed E-state index contributed by atoms with van der Waals surface area (Å²) >= 11 is 0. The lowest BCUT2D eigenvalue weighted by Gasteiger charge is -2.03. The molecule has 1 amide bonds. The number of benzene rings is 1. The fraction of sp³-hybridized carbons (Fsp3) is 0.182. The molecule has 0 aliphatic carbocycles. The van der Waals surface area contributed by atoms with Crippen LogP contribution in [0.4, 0.5) is 0 Å². The Hall–Kier alpha value is -1.77. The molecule has 74 valence electrons. The summed E-state index contributed by atoms with van der Waals surface area (Å²) in [5.41, 5.74) is 0.624. The van der Waals surface area contributed by atoms with Crippen molar-refractivity contribution in [3.63, 3.8) is 0 Å². The number of carbonyl (C=O) groups excluding carboxylic acids is 1. The van der Waals surface area contributed by atoms with Gasteiger partial charge in [0.1, 0.15) is 12.4 Å². The number of carbonyl (C=O) groups is 1. The van der Waals surface area contributed by atoms with E-state index in [0.29, 0.717) is 12.2 Å². The highest BCUT2D eigenvalue weighted by molar-refractivity contribution is 5.94. The fourth-order valence-electron chi connectivity index (χ4n) is 1.00. The van der Waals surface area contributed by atoms with Crippen molar-refractivity contribution in [3.8, 4) is 5.75 Å². The first-order chi connectivity index (χ1) is 6.77. The second kappa shape index (κ2) is 5.07. The third-order valence-corrected chi connectivity index (χ3v) is 1.71. The van der Waals surface area contributed by atoms with Crippen LogP contribution in [0.1, 0.15) is 10.4 Å². The van der Waals surface area contributed by atoms with Gasteiger partial charge < -0.3 is 10.1 Å². The van der Waals surface area contributed by atoms with Gasteiger partial charge in [-0.2, -0.15) is 0 Å². The topological polar surface area (TPSA) is 38.3 Å². The summed E-state index contributed by atoms with van der Waals surface area (Å²) in [6, 6.07) is 6.96. The highest BCUT2D eigenvalue weighted by Crippen LogP contribution is 2.11. The molecule has 0 fully saturated rings. The molecule has 0 bridgehead atoms. The van der Waals surface area contributed by atoms with Crippen molar-refractivity contribution in [2.75, 3.05) is 13.7 Å². The van der Waals surface area contributed by atoms with Crippen LogP contribution in [0, 0.1) is 0 Å². The van der Waals surface area contributed by atoms with Crippen molar-refractivity contribution in [2.45, 2.75) is 0 Å². The summed E-state index contributed by atoms with van der Waals surface area (Å²) in [6.07, 6.45) is 1.67. The molecule has 0 unspecified atom stereocenters.